The Kier molecular flexibility index (Phi) is 4.19. The monoisotopic (exact) mass is 349 g/mol. The zero-order valence-corrected chi connectivity index (χ0v) is 10.2. The molecule has 0 amide bonds. The van der Waals surface area contributed by atoms with Gasteiger partial charge in [0.15, 0.2) is 11.5 Å². The van der Waals surface area contributed by atoms with Gasteiger partial charge < -0.3 is 14.6 Å². The number of pyridine rings is 1. The highest BCUT2D eigenvalue weighted by Gasteiger charge is 2.34. The van der Waals surface area contributed by atoms with Gasteiger partial charge >= 0.3 is 6.36 Å². The molecule has 1 aromatic rings. The van der Waals surface area contributed by atoms with Gasteiger partial charge in [-0.05, 0) is 22.6 Å². The number of aromatic nitrogens is 1. The van der Waals surface area contributed by atoms with E-state index in [9.17, 15) is 13.2 Å². The number of methoxy groups -OCH3 is 1. The number of aliphatic hydroxyl groups is 1. The third-order valence-electron chi connectivity index (χ3n) is 1.60. The number of alkyl halides is 3. The van der Waals surface area contributed by atoms with Crippen molar-refractivity contribution in [1.29, 1.82) is 0 Å². The molecular weight excluding hydrogens is 342 g/mol. The predicted molar refractivity (Wildman–Crippen MR) is 56.1 cm³/mol. The molecule has 1 rings (SSSR count). The smallest absolute Gasteiger partial charge is 0.494 e. The van der Waals surface area contributed by atoms with E-state index in [1.54, 1.807) is 22.6 Å². The number of aliphatic hydroxyl groups excluding tert-OH is 1. The van der Waals surface area contributed by atoms with E-state index in [0.717, 1.165) is 0 Å². The van der Waals surface area contributed by atoms with Gasteiger partial charge in [-0.15, -0.1) is 13.2 Å². The van der Waals surface area contributed by atoms with Crippen LogP contribution >= 0.6 is 22.6 Å². The molecular formula is C8H7F3INO3. The number of nitrogens with zero attached hydrogens (tertiary/aromatic N) is 1. The second-order valence-corrected chi connectivity index (χ2v) is 3.70. The fraction of sp³-hybridized carbons (Fsp3) is 0.375. The Hall–Kier alpha value is -0.770. The summed E-state index contributed by atoms with van der Waals surface area (Å²) in [4.78, 5) is 3.61. The fourth-order valence-electron chi connectivity index (χ4n) is 0.965. The van der Waals surface area contributed by atoms with Crippen LogP contribution in [0.1, 0.15) is 5.69 Å². The molecule has 0 saturated carbocycles. The fourth-order valence-corrected chi connectivity index (χ4v) is 1.75. The Balaban J connectivity index is 3.21. The number of hydrogen-bond acceptors (Lipinski definition) is 4. The summed E-state index contributed by atoms with van der Waals surface area (Å²) in [7, 11) is 1.30. The van der Waals surface area contributed by atoms with Crippen LogP contribution in [0.5, 0.6) is 11.5 Å². The van der Waals surface area contributed by atoms with Gasteiger partial charge in [-0.1, -0.05) is 0 Å². The van der Waals surface area contributed by atoms with E-state index in [1.165, 1.54) is 13.3 Å². The van der Waals surface area contributed by atoms with Crippen LogP contribution < -0.4 is 9.47 Å². The molecule has 0 aliphatic heterocycles. The van der Waals surface area contributed by atoms with Crippen molar-refractivity contribution in [2.24, 2.45) is 0 Å². The highest BCUT2D eigenvalue weighted by Crippen LogP contribution is 2.35. The quantitative estimate of drug-likeness (QED) is 0.850. The van der Waals surface area contributed by atoms with Crippen molar-refractivity contribution in [3.8, 4) is 11.5 Å². The Bertz CT molecular complexity index is 384. The Morgan fingerprint density at radius 1 is 1.50 bits per heavy atom. The summed E-state index contributed by atoms with van der Waals surface area (Å²) in [5.74, 6) is -0.382. The molecule has 90 valence electrons. The molecule has 16 heavy (non-hydrogen) atoms. The lowest BCUT2D eigenvalue weighted by atomic mass is 10.3. The van der Waals surface area contributed by atoms with E-state index in [0.29, 0.717) is 0 Å². The average molecular weight is 349 g/mol. The van der Waals surface area contributed by atoms with E-state index in [4.69, 9.17) is 9.84 Å². The summed E-state index contributed by atoms with van der Waals surface area (Å²) in [5.41, 5.74) is -0.192. The van der Waals surface area contributed by atoms with E-state index in [-0.39, 0.29) is 15.0 Å². The first-order chi connectivity index (χ1) is 7.39. The van der Waals surface area contributed by atoms with Crippen LogP contribution in [0.25, 0.3) is 0 Å². The molecule has 1 N–H and O–H groups in total. The molecule has 1 aromatic heterocycles. The summed E-state index contributed by atoms with van der Waals surface area (Å²) in [6, 6.07) is 0. The lowest BCUT2D eigenvalue weighted by molar-refractivity contribution is -0.275. The van der Waals surface area contributed by atoms with Crippen LogP contribution in [0.15, 0.2) is 6.20 Å². The predicted octanol–water partition coefficient (Wildman–Crippen LogP) is 2.09. The van der Waals surface area contributed by atoms with Crippen molar-refractivity contribution in [3.05, 3.63) is 15.5 Å². The SMILES string of the molecule is COc1cnc(CO)c(OC(F)(F)F)c1I. The van der Waals surface area contributed by atoms with E-state index in [1.807, 2.05) is 0 Å². The maximum Gasteiger partial charge on any atom is 0.573 e. The van der Waals surface area contributed by atoms with Crippen molar-refractivity contribution in [2.75, 3.05) is 7.11 Å². The van der Waals surface area contributed by atoms with Crippen LogP contribution in [0.4, 0.5) is 13.2 Å². The van der Waals surface area contributed by atoms with Crippen molar-refractivity contribution >= 4 is 22.6 Å². The topological polar surface area (TPSA) is 51.6 Å². The van der Waals surface area contributed by atoms with Crippen LogP contribution in [0, 0.1) is 3.57 Å². The molecule has 0 atom stereocenters. The minimum Gasteiger partial charge on any atom is -0.494 e. The normalized spacial score (nSPS) is 11.4. The first-order valence-electron chi connectivity index (χ1n) is 3.97. The second-order valence-electron chi connectivity index (χ2n) is 2.62. The molecule has 0 aromatic carbocycles. The van der Waals surface area contributed by atoms with Gasteiger partial charge in [-0.3, -0.25) is 4.98 Å². The molecule has 0 unspecified atom stereocenters. The standard InChI is InChI=1S/C8H7F3INO3/c1-15-5-2-13-4(3-14)7(6(5)12)16-8(9,10)11/h2,14H,3H2,1H3. The third kappa shape index (κ3) is 3.11. The van der Waals surface area contributed by atoms with Gasteiger partial charge in [0.2, 0.25) is 0 Å². The van der Waals surface area contributed by atoms with Gasteiger partial charge in [0, 0.05) is 0 Å². The summed E-state index contributed by atoms with van der Waals surface area (Å²) in [5, 5.41) is 8.85. The van der Waals surface area contributed by atoms with E-state index >= 15 is 0 Å². The van der Waals surface area contributed by atoms with Crippen molar-refractivity contribution in [3.63, 3.8) is 0 Å². The molecule has 4 nitrogen and oxygen atoms in total. The highest BCUT2D eigenvalue weighted by atomic mass is 127. The first kappa shape index (κ1) is 13.3. The van der Waals surface area contributed by atoms with Gasteiger partial charge in [-0.2, -0.15) is 0 Å². The second kappa shape index (κ2) is 5.04. The first-order valence-corrected chi connectivity index (χ1v) is 5.05. The molecule has 0 bridgehead atoms. The number of halogens is 4. The third-order valence-corrected chi connectivity index (χ3v) is 2.62. The summed E-state index contributed by atoms with van der Waals surface area (Å²) < 4.78 is 45.0. The van der Waals surface area contributed by atoms with Gasteiger partial charge in [0.1, 0.15) is 9.26 Å². The highest BCUT2D eigenvalue weighted by molar-refractivity contribution is 14.1. The van der Waals surface area contributed by atoms with E-state index < -0.39 is 18.7 Å². The van der Waals surface area contributed by atoms with E-state index in [2.05, 4.69) is 9.72 Å². The average Bonchev–Trinajstić information content (AvgIpc) is 2.19. The Morgan fingerprint density at radius 2 is 2.12 bits per heavy atom. The Morgan fingerprint density at radius 3 is 2.56 bits per heavy atom. The molecule has 1 heterocycles. The van der Waals surface area contributed by atoms with Crippen LogP contribution in [0.3, 0.4) is 0 Å². The number of ether oxygens (including phenoxy) is 2. The maximum atomic E-state index is 12.1. The van der Waals surface area contributed by atoms with Gasteiger partial charge in [0.05, 0.1) is 19.9 Å². The molecule has 8 heteroatoms. The van der Waals surface area contributed by atoms with Gasteiger partial charge in [-0.25, -0.2) is 0 Å². The lowest BCUT2D eigenvalue weighted by Crippen LogP contribution is -2.19. The van der Waals surface area contributed by atoms with Crippen LogP contribution in [0.2, 0.25) is 0 Å². The lowest BCUT2D eigenvalue weighted by Gasteiger charge is -2.14. The zero-order valence-electron chi connectivity index (χ0n) is 8.01. The molecule has 0 aliphatic carbocycles. The van der Waals surface area contributed by atoms with Crippen molar-refractivity contribution in [2.45, 2.75) is 13.0 Å². The minimum atomic E-state index is -4.84. The molecule has 0 radical (unpaired) electrons. The summed E-state index contributed by atoms with van der Waals surface area (Å²) in [6.45, 7) is -0.647. The molecule has 0 fully saturated rings. The molecule has 0 spiro atoms. The summed E-state index contributed by atoms with van der Waals surface area (Å²) >= 11 is 1.63. The maximum absolute atomic E-state index is 12.1. The molecule has 0 aliphatic rings. The number of rotatable bonds is 3. The Labute approximate surface area is 103 Å². The van der Waals surface area contributed by atoms with Crippen molar-refractivity contribution in [1.82, 2.24) is 4.98 Å². The molecule has 0 saturated heterocycles. The van der Waals surface area contributed by atoms with Crippen molar-refractivity contribution < 1.29 is 27.8 Å². The van der Waals surface area contributed by atoms with Crippen LogP contribution in [-0.2, 0) is 6.61 Å². The zero-order chi connectivity index (χ0) is 12.3. The summed E-state index contributed by atoms with van der Waals surface area (Å²) in [6.07, 6.45) is -3.62. The van der Waals surface area contributed by atoms with Crippen LogP contribution in [-0.4, -0.2) is 23.6 Å². The number of hydrogen-bond donors (Lipinski definition) is 1. The largest absolute Gasteiger partial charge is 0.573 e. The van der Waals surface area contributed by atoms with Gasteiger partial charge in [0.25, 0.3) is 0 Å². The minimum absolute atomic E-state index is 0.108.